The third-order valence-corrected chi connectivity index (χ3v) is 2.69. The minimum absolute atomic E-state index is 0.247. The number of aromatic nitrogens is 3. The van der Waals surface area contributed by atoms with Gasteiger partial charge in [-0.15, -0.1) is 0 Å². The third-order valence-electron chi connectivity index (χ3n) is 2.69. The summed E-state index contributed by atoms with van der Waals surface area (Å²) in [5.41, 5.74) is 1.21. The normalized spacial score (nSPS) is 12.7. The van der Waals surface area contributed by atoms with Crippen LogP contribution in [0.15, 0.2) is 24.5 Å². The first-order valence-corrected chi connectivity index (χ1v) is 5.35. The molecule has 17 heavy (non-hydrogen) atoms. The molecular formula is C12H14FN3O. The first-order chi connectivity index (χ1) is 8.08. The van der Waals surface area contributed by atoms with Crippen molar-refractivity contribution in [3.63, 3.8) is 0 Å². The van der Waals surface area contributed by atoms with Crippen LogP contribution in [0.25, 0.3) is 0 Å². The summed E-state index contributed by atoms with van der Waals surface area (Å²) < 4.78 is 15.1. The summed E-state index contributed by atoms with van der Waals surface area (Å²) in [5, 5.41) is 13.9. The Hall–Kier alpha value is -1.75. The van der Waals surface area contributed by atoms with Gasteiger partial charge in [0.25, 0.3) is 0 Å². The number of aliphatic hydroxyl groups is 1. The van der Waals surface area contributed by atoms with Gasteiger partial charge in [-0.3, -0.25) is 4.68 Å². The number of nitrogens with zero attached hydrogens (tertiary/aromatic N) is 3. The molecule has 1 aromatic heterocycles. The number of benzene rings is 1. The maximum absolute atomic E-state index is 13.5. The van der Waals surface area contributed by atoms with Gasteiger partial charge in [-0.25, -0.2) is 9.37 Å². The van der Waals surface area contributed by atoms with E-state index in [0.29, 0.717) is 11.4 Å². The van der Waals surface area contributed by atoms with Crippen molar-refractivity contribution in [1.82, 2.24) is 14.8 Å². The molecule has 0 aliphatic rings. The summed E-state index contributed by atoms with van der Waals surface area (Å²) in [7, 11) is 1.74. The molecule has 1 unspecified atom stereocenters. The monoisotopic (exact) mass is 235 g/mol. The van der Waals surface area contributed by atoms with Gasteiger partial charge in [0.05, 0.1) is 6.10 Å². The lowest BCUT2D eigenvalue weighted by atomic mass is 10.0. The topological polar surface area (TPSA) is 50.9 Å². The third kappa shape index (κ3) is 2.50. The van der Waals surface area contributed by atoms with E-state index in [1.165, 1.54) is 12.4 Å². The van der Waals surface area contributed by atoms with Crippen LogP contribution in [0.1, 0.15) is 23.1 Å². The minimum atomic E-state index is -0.905. The second-order valence-corrected chi connectivity index (χ2v) is 4.04. The Morgan fingerprint density at radius 1 is 1.47 bits per heavy atom. The van der Waals surface area contributed by atoms with Crippen LogP contribution in [-0.4, -0.2) is 19.9 Å². The Morgan fingerprint density at radius 2 is 2.24 bits per heavy atom. The van der Waals surface area contributed by atoms with E-state index in [1.54, 1.807) is 23.9 Å². The van der Waals surface area contributed by atoms with Crippen molar-refractivity contribution >= 4 is 0 Å². The molecule has 0 spiro atoms. The van der Waals surface area contributed by atoms with E-state index in [4.69, 9.17) is 0 Å². The molecule has 1 heterocycles. The average molecular weight is 235 g/mol. The van der Waals surface area contributed by atoms with Crippen molar-refractivity contribution in [3.8, 4) is 0 Å². The van der Waals surface area contributed by atoms with Gasteiger partial charge >= 0.3 is 0 Å². The summed E-state index contributed by atoms with van der Waals surface area (Å²) in [6.07, 6.45) is 0.753. The van der Waals surface area contributed by atoms with Gasteiger partial charge in [-0.05, 0) is 13.0 Å². The second-order valence-electron chi connectivity index (χ2n) is 4.04. The number of rotatable bonds is 3. The molecule has 0 saturated carbocycles. The fraction of sp³-hybridized carbons (Fsp3) is 0.333. The number of hydrogen-bond acceptors (Lipinski definition) is 3. The van der Waals surface area contributed by atoms with Crippen LogP contribution in [0.3, 0.4) is 0 Å². The summed E-state index contributed by atoms with van der Waals surface area (Å²) in [5.74, 6) is 0.226. The number of halogens is 1. The molecule has 5 heteroatoms. The highest BCUT2D eigenvalue weighted by molar-refractivity contribution is 5.26. The quantitative estimate of drug-likeness (QED) is 0.878. The maximum Gasteiger partial charge on any atom is 0.138 e. The highest BCUT2D eigenvalue weighted by Crippen LogP contribution is 2.21. The molecule has 0 fully saturated rings. The zero-order valence-electron chi connectivity index (χ0n) is 9.76. The lowest BCUT2D eigenvalue weighted by Gasteiger charge is -2.12. The number of hydrogen-bond donors (Lipinski definition) is 1. The molecule has 0 saturated heterocycles. The van der Waals surface area contributed by atoms with E-state index in [2.05, 4.69) is 10.1 Å². The predicted octanol–water partition coefficient (Wildman–Crippen LogP) is 1.54. The number of aryl methyl sites for hydroxylation is 2. The van der Waals surface area contributed by atoms with Gasteiger partial charge in [0.1, 0.15) is 18.0 Å². The Labute approximate surface area is 98.7 Å². The summed E-state index contributed by atoms with van der Waals surface area (Å²) in [6, 6.07) is 4.69. The van der Waals surface area contributed by atoms with Crippen molar-refractivity contribution < 1.29 is 9.50 Å². The lowest BCUT2D eigenvalue weighted by molar-refractivity contribution is 0.169. The molecule has 90 valence electrons. The molecule has 0 aliphatic carbocycles. The summed E-state index contributed by atoms with van der Waals surface area (Å²) in [4.78, 5) is 4.00. The largest absolute Gasteiger partial charge is 0.388 e. The molecule has 0 bridgehead atoms. The first kappa shape index (κ1) is 11.7. The van der Waals surface area contributed by atoms with E-state index in [0.717, 1.165) is 5.56 Å². The van der Waals surface area contributed by atoms with E-state index in [1.807, 2.05) is 6.92 Å². The molecule has 1 N–H and O–H groups in total. The van der Waals surface area contributed by atoms with Crippen LogP contribution in [0.4, 0.5) is 4.39 Å². The van der Waals surface area contributed by atoms with Crippen molar-refractivity contribution in [2.24, 2.45) is 7.05 Å². The fourth-order valence-corrected chi connectivity index (χ4v) is 1.71. The standard InChI is InChI=1S/C12H14FN3O/c1-8-3-4-10(13)9(5-8)11(17)6-12-14-7-15-16(12)2/h3-5,7,11,17H,6H2,1-2H3. The molecular weight excluding hydrogens is 221 g/mol. The van der Waals surface area contributed by atoms with E-state index in [-0.39, 0.29) is 6.42 Å². The van der Waals surface area contributed by atoms with E-state index in [9.17, 15) is 9.50 Å². The summed E-state index contributed by atoms with van der Waals surface area (Å²) >= 11 is 0. The predicted molar refractivity (Wildman–Crippen MR) is 60.8 cm³/mol. The molecule has 0 radical (unpaired) electrons. The minimum Gasteiger partial charge on any atom is -0.388 e. The van der Waals surface area contributed by atoms with Gasteiger partial charge in [-0.1, -0.05) is 17.7 Å². The molecule has 1 atom stereocenters. The van der Waals surface area contributed by atoms with Gasteiger partial charge in [0.2, 0.25) is 0 Å². The van der Waals surface area contributed by atoms with Crippen LogP contribution >= 0.6 is 0 Å². The van der Waals surface area contributed by atoms with Gasteiger partial charge in [0.15, 0.2) is 0 Å². The Morgan fingerprint density at radius 3 is 2.88 bits per heavy atom. The zero-order chi connectivity index (χ0) is 12.4. The first-order valence-electron chi connectivity index (χ1n) is 5.35. The van der Waals surface area contributed by atoms with E-state index >= 15 is 0 Å². The van der Waals surface area contributed by atoms with Crippen LogP contribution in [0.5, 0.6) is 0 Å². The van der Waals surface area contributed by atoms with Crippen molar-refractivity contribution in [1.29, 1.82) is 0 Å². The fourth-order valence-electron chi connectivity index (χ4n) is 1.71. The van der Waals surface area contributed by atoms with Crippen LogP contribution < -0.4 is 0 Å². The summed E-state index contributed by atoms with van der Waals surface area (Å²) in [6.45, 7) is 1.86. The highest BCUT2D eigenvalue weighted by Gasteiger charge is 2.15. The van der Waals surface area contributed by atoms with Gasteiger partial charge in [0, 0.05) is 19.0 Å². The van der Waals surface area contributed by atoms with Crippen molar-refractivity contribution in [3.05, 3.63) is 47.3 Å². The van der Waals surface area contributed by atoms with E-state index < -0.39 is 11.9 Å². The molecule has 2 rings (SSSR count). The van der Waals surface area contributed by atoms with Crippen molar-refractivity contribution in [2.45, 2.75) is 19.4 Å². The van der Waals surface area contributed by atoms with Gasteiger partial charge in [-0.2, -0.15) is 5.10 Å². The number of aliphatic hydroxyl groups excluding tert-OH is 1. The lowest BCUT2D eigenvalue weighted by Crippen LogP contribution is -2.09. The van der Waals surface area contributed by atoms with Crippen LogP contribution in [-0.2, 0) is 13.5 Å². The Bertz CT molecular complexity index is 524. The van der Waals surface area contributed by atoms with Crippen LogP contribution in [0.2, 0.25) is 0 Å². The average Bonchev–Trinajstić information content (AvgIpc) is 2.68. The molecule has 4 nitrogen and oxygen atoms in total. The Balaban J connectivity index is 2.23. The molecule has 0 amide bonds. The second kappa shape index (κ2) is 4.63. The SMILES string of the molecule is Cc1ccc(F)c(C(O)Cc2ncnn2C)c1. The van der Waals surface area contributed by atoms with Crippen molar-refractivity contribution in [2.75, 3.05) is 0 Å². The smallest absolute Gasteiger partial charge is 0.138 e. The molecule has 0 aliphatic heterocycles. The maximum atomic E-state index is 13.5. The highest BCUT2D eigenvalue weighted by atomic mass is 19.1. The Kier molecular flexibility index (Phi) is 3.19. The van der Waals surface area contributed by atoms with Gasteiger partial charge < -0.3 is 5.11 Å². The molecule has 1 aromatic carbocycles. The zero-order valence-corrected chi connectivity index (χ0v) is 9.76. The van der Waals surface area contributed by atoms with Crippen LogP contribution in [0, 0.1) is 12.7 Å². The molecule has 2 aromatic rings.